The van der Waals surface area contributed by atoms with Gasteiger partial charge in [-0.1, -0.05) is 440 Å². The highest BCUT2D eigenvalue weighted by Crippen LogP contribution is 2.45. The Kier molecular flexibility index (Phi) is 80.4. The Morgan fingerprint density at radius 3 is 0.685 bits per heavy atom. The molecule has 0 aromatic rings. The monoisotopic (exact) mass is 1620 g/mol. The topological polar surface area (TPSA) is 237 Å². The largest absolute Gasteiger partial charge is 0.472 e. The van der Waals surface area contributed by atoms with Crippen LogP contribution in [0.25, 0.3) is 0 Å². The average molecular weight is 1620 g/mol. The molecule has 0 heterocycles. The highest BCUT2D eigenvalue weighted by atomic mass is 31.2. The maximum absolute atomic E-state index is 13.2. The van der Waals surface area contributed by atoms with E-state index in [4.69, 9.17) is 37.0 Å². The van der Waals surface area contributed by atoms with Crippen LogP contribution in [0.4, 0.5) is 0 Å². The second-order valence-electron chi connectivity index (χ2n) is 34.0. The Morgan fingerprint density at radius 1 is 0.261 bits per heavy atom. The molecule has 19 heteroatoms. The first-order valence-corrected chi connectivity index (χ1v) is 50.4. The lowest BCUT2D eigenvalue weighted by Crippen LogP contribution is -2.30. The van der Waals surface area contributed by atoms with E-state index in [0.717, 1.165) is 114 Å². The van der Waals surface area contributed by atoms with Gasteiger partial charge in [0.1, 0.15) is 19.3 Å². The predicted octanol–water partition coefficient (Wildman–Crippen LogP) is 28.4. The summed E-state index contributed by atoms with van der Waals surface area (Å²) in [6.45, 7) is 12.1. The van der Waals surface area contributed by atoms with Gasteiger partial charge in [0.05, 0.1) is 26.4 Å². The van der Waals surface area contributed by atoms with Gasteiger partial charge in [-0.25, -0.2) is 9.13 Å². The number of esters is 4. The van der Waals surface area contributed by atoms with Gasteiger partial charge in [0.25, 0.3) is 0 Å². The number of ether oxygens (including phenoxy) is 4. The molecule has 0 aromatic heterocycles. The molecule has 3 N–H and O–H groups in total. The van der Waals surface area contributed by atoms with E-state index < -0.39 is 97.5 Å². The number of unbranched alkanes of at least 4 members (excludes halogenated alkanes) is 56. The molecule has 0 aliphatic rings. The van der Waals surface area contributed by atoms with Crippen molar-refractivity contribution in [2.75, 3.05) is 39.6 Å². The van der Waals surface area contributed by atoms with Crippen molar-refractivity contribution in [1.82, 2.24) is 0 Å². The van der Waals surface area contributed by atoms with Gasteiger partial charge >= 0.3 is 39.5 Å². The maximum atomic E-state index is 13.2. The summed E-state index contributed by atoms with van der Waals surface area (Å²) in [4.78, 5) is 73.4. The third-order valence-electron chi connectivity index (χ3n) is 22.4. The smallest absolute Gasteiger partial charge is 0.462 e. The standard InChI is InChI=1S/C92H180O17P2/c1-8-11-12-13-14-15-16-17-18-19-20-21-22-23-28-31-37-42-47-52-61-68-75-91(96)108-87(79-102-89(94)73-66-59-51-46-41-36-30-27-25-24-26-29-34-39-44-49-56-63-70-83(4)5)81-106-110(98,99)104-77-86(93)78-105-111(100,101)107-82-88(80-103-90(95)74-67-60-55-54-58-65-72-85(7)10-3)109-92(97)76-69-62-53-48-43-38-33-32-35-40-45-50-57-64-71-84(6)9-2/h83-88,93H,8-82H2,1-7H3,(H,98,99)(H,100,101)/t84?,85?,86-,87-,88-/m1/s1. The van der Waals surface area contributed by atoms with Crippen molar-refractivity contribution < 1.29 is 80.2 Å². The number of phosphoric acid groups is 2. The molecule has 0 spiro atoms. The van der Waals surface area contributed by atoms with Crippen LogP contribution in [0, 0.1) is 17.8 Å². The fourth-order valence-corrected chi connectivity index (χ4v) is 15.9. The Bertz CT molecular complexity index is 2130. The van der Waals surface area contributed by atoms with Crippen LogP contribution >= 0.6 is 15.6 Å². The average Bonchev–Trinajstić information content (AvgIpc) is 0.899. The molecule has 111 heavy (non-hydrogen) atoms. The lowest BCUT2D eigenvalue weighted by Gasteiger charge is -2.21. The van der Waals surface area contributed by atoms with Crippen molar-refractivity contribution in [2.24, 2.45) is 17.8 Å². The molecule has 0 aromatic carbocycles. The quantitative estimate of drug-likeness (QED) is 0.0222. The lowest BCUT2D eigenvalue weighted by atomic mass is 9.99. The molecule has 660 valence electrons. The molecule has 0 amide bonds. The van der Waals surface area contributed by atoms with Gasteiger partial charge in [-0.15, -0.1) is 0 Å². The number of carbonyl (C=O) groups is 4. The number of rotatable bonds is 90. The van der Waals surface area contributed by atoms with Crippen LogP contribution in [0.2, 0.25) is 0 Å². The summed E-state index contributed by atoms with van der Waals surface area (Å²) >= 11 is 0. The molecule has 0 aliphatic carbocycles. The van der Waals surface area contributed by atoms with Crippen LogP contribution in [0.1, 0.15) is 492 Å². The van der Waals surface area contributed by atoms with Gasteiger partial charge in [0, 0.05) is 25.7 Å². The van der Waals surface area contributed by atoms with Crippen molar-refractivity contribution in [3.63, 3.8) is 0 Å². The first-order chi connectivity index (χ1) is 53.8. The van der Waals surface area contributed by atoms with E-state index in [1.165, 1.54) is 295 Å². The van der Waals surface area contributed by atoms with E-state index >= 15 is 0 Å². The summed E-state index contributed by atoms with van der Waals surface area (Å²) in [7, 11) is -9.94. The molecule has 0 saturated heterocycles. The van der Waals surface area contributed by atoms with E-state index in [9.17, 15) is 43.2 Å². The van der Waals surface area contributed by atoms with Gasteiger partial charge in [-0.05, 0) is 43.4 Å². The van der Waals surface area contributed by atoms with E-state index in [1.54, 1.807) is 0 Å². The first kappa shape index (κ1) is 109. The number of hydrogen-bond donors (Lipinski definition) is 3. The Hall–Kier alpha value is -1.94. The van der Waals surface area contributed by atoms with Crippen molar-refractivity contribution in [2.45, 2.75) is 510 Å². The molecule has 4 unspecified atom stereocenters. The summed E-state index contributed by atoms with van der Waals surface area (Å²) in [5.41, 5.74) is 0. The van der Waals surface area contributed by atoms with Crippen LogP contribution in [0.5, 0.6) is 0 Å². The van der Waals surface area contributed by atoms with Gasteiger partial charge in [0.2, 0.25) is 0 Å². The Balaban J connectivity index is 5.22. The number of aliphatic hydroxyl groups excluding tert-OH is 1. The van der Waals surface area contributed by atoms with Crippen LogP contribution in [0.3, 0.4) is 0 Å². The summed E-state index contributed by atoms with van der Waals surface area (Å²) < 4.78 is 69.1. The highest BCUT2D eigenvalue weighted by Gasteiger charge is 2.31. The molecule has 0 bridgehead atoms. The summed E-state index contributed by atoms with van der Waals surface area (Å²) in [6, 6.07) is 0. The second-order valence-corrected chi connectivity index (χ2v) is 36.9. The molecule has 17 nitrogen and oxygen atoms in total. The zero-order valence-electron chi connectivity index (χ0n) is 73.4. The lowest BCUT2D eigenvalue weighted by molar-refractivity contribution is -0.161. The van der Waals surface area contributed by atoms with Gasteiger partial charge in [-0.3, -0.25) is 37.3 Å². The van der Waals surface area contributed by atoms with Gasteiger partial charge in [0.15, 0.2) is 12.2 Å². The van der Waals surface area contributed by atoms with Gasteiger partial charge in [-0.2, -0.15) is 0 Å². The van der Waals surface area contributed by atoms with Crippen LogP contribution in [-0.4, -0.2) is 96.7 Å². The summed E-state index contributed by atoms with van der Waals surface area (Å²) in [6.07, 6.45) is 75.2. The van der Waals surface area contributed by atoms with Gasteiger partial charge < -0.3 is 33.8 Å². The zero-order valence-corrected chi connectivity index (χ0v) is 75.2. The summed E-state index contributed by atoms with van der Waals surface area (Å²) in [5.74, 6) is 0.300. The SMILES string of the molecule is CCCCCCCCCCCCCCCCCCCCCCCCC(=O)O[C@H](COC(=O)CCCCCCCCCCCCCCCCCCCCC(C)C)COP(=O)(O)OC[C@@H](O)COP(=O)(O)OC[C@@H](COC(=O)CCCCCCCCC(C)CC)OC(=O)CCCCCCCCCCCCCCCCC(C)CC. The number of aliphatic hydroxyl groups is 1. The van der Waals surface area contributed by atoms with E-state index in [0.29, 0.717) is 25.7 Å². The van der Waals surface area contributed by atoms with E-state index in [2.05, 4.69) is 48.5 Å². The van der Waals surface area contributed by atoms with E-state index in [-0.39, 0.29) is 25.7 Å². The normalized spacial score (nSPS) is 14.3. The minimum atomic E-state index is -4.97. The number of phosphoric ester groups is 2. The molecule has 0 aliphatic heterocycles. The van der Waals surface area contributed by atoms with Crippen molar-refractivity contribution >= 4 is 39.5 Å². The van der Waals surface area contributed by atoms with E-state index in [1.807, 2.05) is 0 Å². The van der Waals surface area contributed by atoms with Crippen LogP contribution in [0.15, 0.2) is 0 Å². The zero-order chi connectivity index (χ0) is 81.5. The van der Waals surface area contributed by atoms with Crippen molar-refractivity contribution in [3.05, 3.63) is 0 Å². The molecule has 7 atom stereocenters. The minimum Gasteiger partial charge on any atom is -0.462 e. The fourth-order valence-electron chi connectivity index (χ4n) is 14.4. The minimum absolute atomic E-state index is 0.107. The predicted molar refractivity (Wildman–Crippen MR) is 460 cm³/mol. The molecule has 0 rings (SSSR count). The first-order valence-electron chi connectivity index (χ1n) is 47.4. The molecule has 0 fully saturated rings. The van der Waals surface area contributed by atoms with Crippen molar-refractivity contribution in [3.8, 4) is 0 Å². The van der Waals surface area contributed by atoms with Crippen molar-refractivity contribution in [1.29, 1.82) is 0 Å². The second kappa shape index (κ2) is 81.8. The molecule has 0 saturated carbocycles. The van der Waals surface area contributed by atoms with Crippen LogP contribution in [-0.2, 0) is 65.4 Å². The third-order valence-corrected chi connectivity index (χ3v) is 24.3. The highest BCUT2D eigenvalue weighted by molar-refractivity contribution is 7.47. The number of hydrogen-bond acceptors (Lipinski definition) is 15. The Morgan fingerprint density at radius 2 is 0.459 bits per heavy atom. The maximum Gasteiger partial charge on any atom is 0.472 e. The third kappa shape index (κ3) is 82.9. The number of carbonyl (C=O) groups excluding carboxylic acids is 4. The van der Waals surface area contributed by atoms with Crippen LogP contribution < -0.4 is 0 Å². The molecular weight excluding hydrogens is 1440 g/mol. The Labute approximate surface area is 683 Å². The molecule has 0 radical (unpaired) electrons. The fraction of sp³-hybridized carbons (Fsp3) is 0.957. The molecular formula is C92H180O17P2. The summed E-state index contributed by atoms with van der Waals surface area (Å²) in [5, 5.41) is 10.7.